The molecule has 0 radical (unpaired) electrons. The summed E-state index contributed by atoms with van der Waals surface area (Å²) in [7, 11) is 0. The third-order valence-corrected chi connectivity index (χ3v) is 5.75. The molecule has 0 spiro atoms. The molecule has 2 aromatic rings. The molecule has 1 aliphatic heterocycles. The Morgan fingerprint density at radius 1 is 1.00 bits per heavy atom. The molecule has 0 bridgehead atoms. The SMILES string of the molecule is CC(=O)N1CCC(C(=O)NC(C)c2ccc(C)cc2)(c2ccccc2)CC1. The summed E-state index contributed by atoms with van der Waals surface area (Å²) >= 11 is 0. The molecule has 4 nitrogen and oxygen atoms in total. The summed E-state index contributed by atoms with van der Waals surface area (Å²) < 4.78 is 0. The zero-order chi connectivity index (χ0) is 19.4. The summed E-state index contributed by atoms with van der Waals surface area (Å²) in [5.41, 5.74) is 2.74. The highest BCUT2D eigenvalue weighted by atomic mass is 16.2. The van der Waals surface area contributed by atoms with E-state index in [1.54, 1.807) is 6.92 Å². The van der Waals surface area contributed by atoms with Crippen molar-refractivity contribution >= 4 is 11.8 Å². The maximum Gasteiger partial charge on any atom is 0.231 e. The first-order valence-corrected chi connectivity index (χ1v) is 9.61. The topological polar surface area (TPSA) is 49.4 Å². The van der Waals surface area contributed by atoms with Gasteiger partial charge in [-0.2, -0.15) is 0 Å². The van der Waals surface area contributed by atoms with E-state index in [1.807, 2.05) is 42.2 Å². The van der Waals surface area contributed by atoms with Crippen molar-refractivity contribution in [1.82, 2.24) is 10.2 Å². The summed E-state index contributed by atoms with van der Waals surface area (Å²) in [5.74, 6) is 0.120. The smallest absolute Gasteiger partial charge is 0.231 e. The van der Waals surface area contributed by atoms with E-state index >= 15 is 0 Å². The molecule has 4 heteroatoms. The average molecular weight is 364 g/mol. The van der Waals surface area contributed by atoms with Crippen LogP contribution in [0.2, 0.25) is 0 Å². The van der Waals surface area contributed by atoms with Gasteiger partial charge in [-0.1, -0.05) is 60.2 Å². The molecule has 1 heterocycles. The number of aryl methyl sites for hydroxylation is 1. The second-order valence-corrected chi connectivity index (χ2v) is 7.56. The summed E-state index contributed by atoms with van der Waals surface area (Å²) in [4.78, 5) is 27.0. The second kappa shape index (κ2) is 7.95. The molecule has 2 amide bonds. The summed E-state index contributed by atoms with van der Waals surface area (Å²) in [6.45, 7) is 6.88. The van der Waals surface area contributed by atoms with Gasteiger partial charge in [-0.05, 0) is 37.8 Å². The lowest BCUT2D eigenvalue weighted by Crippen LogP contribution is -2.52. The number of hydrogen-bond acceptors (Lipinski definition) is 2. The van der Waals surface area contributed by atoms with Gasteiger partial charge in [-0.3, -0.25) is 9.59 Å². The van der Waals surface area contributed by atoms with Crippen molar-refractivity contribution < 1.29 is 9.59 Å². The van der Waals surface area contributed by atoms with Crippen molar-refractivity contribution in [2.75, 3.05) is 13.1 Å². The van der Waals surface area contributed by atoms with Gasteiger partial charge >= 0.3 is 0 Å². The number of benzene rings is 2. The lowest BCUT2D eigenvalue weighted by atomic mass is 9.71. The van der Waals surface area contributed by atoms with Crippen LogP contribution in [0.4, 0.5) is 0 Å². The van der Waals surface area contributed by atoms with E-state index in [4.69, 9.17) is 0 Å². The van der Waals surface area contributed by atoms with Crippen molar-refractivity contribution in [1.29, 1.82) is 0 Å². The molecule has 1 fully saturated rings. The monoisotopic (exact) mass is 364 g/mol. The number of rotatable bonds is 4. The van der Waals surface area contributed by atoms with Gasteiger partial charge in [-0.15, -0.1) is 0 Å². The number of piperidine rings is 1. The Bertz CT molecular complexity index is 791. The molecule has 27 heavy (non-hydrogen) atoms. The van der Waals surface area contributed by atoms with Gasteiger partial charge in [0.2, 0.25) is 11.8 Å². The highest BCUT2D eigenvalue weighted by Gasteiger charge is 2.43. The third-order valence-electron chi connectivity index (χ3n) is 5.75. The van der Waals surface area contributed by atoms with Crippen LogP contribution in [-0.4, -0.2) is 29.8 Å². The fourth-order valence-electron chi connectivity index (χ4n) is 3.88. The van der Waals surface area contributed by atoms with Crippen molar-refractivity contribution in [3.8, 4) is 0 Å². The highest BCUT2D eigenvalue weighted by molar-refractivity contribution is 5.89. The average Bonchev–Trinajstić information content (AvgIpc) is 2.69. The van der Waals surface area contributed by atoms with E-state index in [1.165, 1.54) is 5.56 Å². The second-order valence-electron chi connectivity index (χ2n) is 7.56. The maximum absolute atomic E-state index is 13.4. The lowest BCUT2D eigenvalue weighted by Gasteiger charge is -2.41. The van der Waals surface area contributed by atoms with Gasteiger partial charge in [0.1, 0.15) is 0 Å². The molecule has 1 N–H and O–H groups in total. The summed E-state index contributed by atoms with van der Waals surface area (Å²) in [5, 5.41) is 3.23. The molecular weight excluding hydrogens is 336 g/mol. The number of hydrogen-bond donors (Lipinski definition) is 1. The van der Waals surface area contributed by atoms with Crippen LogP contribution in [0.25, 0.3) is 0 Å². The lowest BCUT2D eigenvalue weighted by molar-refractivity contribution is -0.135. The molecule has 1 unspecified atom stereocenters. The number of likely N-dealkylation sites (tertiary alicyclic amines) is 1. The Hall–Kier alpha value is -2.62. The predicted octanol–water partition coefficient (Wildman–Crippen LogP) is 3.75. The van der Waals surface area contributed by atoms with E-state index < -0.39 is 5.41 Å². The predicted molar refractivity (Wildman–Crippen MR) is 107 cm³/mol. The van der Waals surface area contributed by atoms with Gasteiger partial charge < -0.3 is 10.2 Å². The van der Waals surface area contributed by atoms with Crippen molar-refractivity contribution in [3.63, 3.8) is 0 Å². The summed E-state index contributed by atoms with van der Waals surface area (Å²) in [6, 6.07) is 18.2. The molecule has 0 aliphatic carbocycles. The van der Waals surface area contributed by atoms with Crippen LogP contribution < -0.4 is 5.32 Å². The minimum atomic E-state index is -0.591. The molecule has 0 saturated carbocycles. The Morgan fingerprint density at radius 2 is 1.59 bits per heavy atom. The first-order chi connectivity index (χ1) is 12.9. The Morgan fingerprint density at radius 3 is 2.15 bits per heavy atom. The highest BCUT2D eigenvalue weighted by Crippen LogP contribution is 2.36. The van der Waals surface area contributed by atoms with E-state index in [-0.39, 0.29) is 17.9 Å². The zero-order valence-corrected chi connectivity index (χ0v) is 16.4. The van der Waals surface area contributed by atoms with Gasteiger partial charge in [0.25, 0.3) is 0 Å². The van der Waals surface area contributed by atoms with Crippen LogP contribution in [0.1, 0.15) is 49.4 Å². The fraction of sp³-hybridized carbons (Fsp3) is 0.391. The number of amides is 2. The Balaban J connectivity index is 1.84. The van der Waals surface area contributed by atoms with Crippen molar-refractivity contribution in [2.24, 2.45) is 0 Å². The van der Waals surface area contributed by atoms with E-state index in [2.05, 4.69) is 36.5 Å². The maximum atomic E-state index is 13.4. The van der Waals surface area contributed by atoms with Gasteiger partial charge in [0.05, 0.1) is 11.5 Å². The molecule has 1 saturated heterocycles. The van der Waals surface area contributed by atoms with Crippen LogP contribution in [-0.2, 0) is 15.0 Å². The summed E-state index contributed by atoms with van der Waals surface area (Å²) in [6.07, 6.45) is 1.28. The largest absolute Gasteiger partial charge is 0.349 e. The molecule has 1 aliphatic rings. The first-order valence-electron chi connectivity index (χ1n) is 9.61. The van der Waals surface area contributed by atoms with Crippen LogP contribution in [0.5, 0.6) is 0 Å². The van der Waals surface area contributed by atoms with E-state index in [0.717, 1.165) is 11.1 Å². The molecule has 1 atom stereocenters. The Labute approximate surface area is 161 Å². The molecule has 2 aromatic carbocycles. The van der Waals surface area contributed by atoms with Gasteiger partial charge in [-0.25, -0.2) is 0 Å². The van der Waals surface area contributed by atoms with Crippen LogP contribution in [0, 0.1) is 6.92 Å². The van der Waals surface area contributed by atoms with Gasteiger partial charge in [0.15, 0.2) is 0 Å². The third kappa shape index (κ3) is 4.05. The Kier molecular flexibility index (Phi) is 5.64. The van der Waals surface area contributed by atoms with Crippen molar-refractivity contribution in [2.45, 2.75) is 45.1 Å². The standard InChI is InChI=1S/C23H28N2O2/c1-17-9-11-20(12-10-17)18(2)24-22(27)23(21-7-5-4-6-8-21)13-15-25(16-14-23)19(3)26/h4-12,18H,13-16H2,1-3H3,(H,24,27). The van der Waals surface area contributed by atoms with Gasteiger partial charge in [0, 0.05) is 20.0 Å². The zero-order valence-electron chi connectivity index (χ0n) is 16.4. The fourth-order valence-corrected chi connectivity index (χ4v) is 3.88. The molecule has 3 rings (SSSR count). The minimum absolute atomic E-state index is 0.0463. The minimum Gasteiger partial charge on any atom is -0.349 e. The van der Waals surface area contributed by atoms with Crippen LogP contribution in [0.15, 0.2) is 54.6 Å². The number of carbonyl (C=O) groups is 2. The molecule has 0 aromatic heterocycles. The molecular formula is C23H28N2O2. The van der Waals surface area contributed by atoms with Crippen LogP contribution in [0.3, 0.4) is 0 Å². The quantitative estimate of drug-likeness (QED) is 0.898. The van der Waals surface area contributed by atoms with E-state index in [9.17, 15) is 9.59 Å². The normalized spacial score (nSPS) is 17.2. The first kappa shape index (κ1) is 19.2. The van der Waals surface area contributed by atoms with Crippen molar-refractivity contribution in [3.05, 3.63) is 71.3 Å². The number of carbonyl (C=O) groups excluding carboxylic acids is 2. The van der Waals surface area contributed by atoms with Crippen LogP contribution >= 0.6 is 0 Å². The molecule has 142 valence electrons. The van der Waals surface area contributed by atoms with E-state index in [0.29, 0.717) is 25.9 Å². The number of nitrogens with zero attached hydrogens (tertiary/aromatic N) is 1. The number of nitrogens with one attached hydrogen (secondary N) is 1.